The van der Waals surface area contributed by atoms with Crippen molar-refractivity contribution in [3.8, 4) is 0 Å². The second-order valence-electron chi connectivity index (χ2n) is 8.73. The highest BCUT2D eigenvalue weighted by atomic mass is 16.6. The van der Waals surface area contributed by atoms with Gasteiger partial charge in [0.05, 0.1) is 0 Å². The van der Waals surface area contributed by atoms with E-state index >= 15 is 0 Å². The summed E-state index contributed by atoms with van der Waals surface area (Å²) in [5.41, 5.74) is 0. The first-order valence-corrected chi connectivity index (χ1v) is 12.6. The predicted octanol–water partition coefficient (Wildman–Crippen LogP) is 7.05. The molecule has 0 amide bonds. The first-order valence-electron chi connectivity index (χ1n) is 12.6. The molecule has 0 radical (unpaired) electrons. The molecule has 0 aromatic rings. The number of rotatable bonds is 22. The number of carbonyl (C=O) groups is 1. The Kier molecular flexibility index (Phi) is 21.6. The van der Waals surface area contributed by atoms with Crippen LogP contribution in [0.2, 0.25) is 0 Å². The van der Waals surface area contributed by atoms with Crippen LogP contribution in [0.25, 0.3) is 0 Å². The molecule has 0 aliphatic carbocycles. The molecule has 0 heterocycles. The van der Waals surface area contributed by atoms with Gasteiger partial charge in [0.15, 0.2) is 0 Å². The van der Waals surface area contributed by atoms with Gasteiger partial charge >= 0.3 is 5.97 Å². The van der Waals surface area contributed by atoms with Crippen molar-refractivity contribution in [1.82, 2.24) is 0 Å². The van der Waals surface area contributed by atoms with Crippen LogP contribution >= 0.6 is 0 Å². The number of unbranched alkanes of at least 4 members (excludes halogenated alkanes) is 18. The van der Waals surface area contributed by atoms with Gasteiger partial charge in [0.25, 0.3) is 0 Å². The minimum Gasteiger partial charge on any atom is -0.433 e. The maximum atomic E-state index is 11.4. The third-order valence-electron chi connectivity index (χ3n) is 5.65. The maximum Gasteiger partial charge on any atom is 0.308 e. The number of ether oxygens (including phenoxy) is 1. The molecule has 0 bridgehead atoms. The van der Waals surface area contributed by atoms with Gasteiger partial charge in [-0.1, -0.05) is 122 Å². The van der Waals surface area contributed by atoms with Crippen molar-refractivity contribution in [3.63, 3.8) is 0 Å². The molecule has 2 unspecified atom stereocenters. The summed E-state index contributed by atoms with van der Waals surface area (Å²) in [6.45, 7) is 3.68. The fraction of sp³-hybridized carbons (Fsp3) is 0.960. The Bertz CT molecular complexity index is 344. The number of carbonyl (C=O) groups excluding carboxylic acids is 1. The van der Waals surface area contributed by atoms with Crippen LogP contribution in [-0.2, 0) is 9.53 Å². The average molecular weight is 415 g/mol. The highest BCUT2D eigenvalue weighted by Crippen LogP contribution is 2.15. The fourth-order valence-corrected chi connectivity index (χ4v) is 3.64. The zero-order chi connectivity index (χ0) is 21.6. The monoisotopic (exact) mass is 414 g/mol. The van der Waals surface area contributed by atoms with Crippen LogP contribution in [0, 0.1) is 0 Å². The Morgan fingerprint density at radius 2 is 0.931 bits per heavy atom. The largest absolute Gasteiger partial charge is 0.433 e. The minimum absolute atomic E-state index is 0.322. The van der Waals surface area contributed by atoms with E-state index in [-0.39, 0.29) is 0 Å². The summed E-state index contributed by atoms with van der Waals surface area (Å²) in [5, 5.41) is 18.3. The molecule has 0 saturated carbocycles. The van der Waals surface area contributed by atoms with Gasteiger partial charge in [-0.2, -0.15) is 0 Å². The van der Waals surface area contributed by atoms with Crippen LogP contribution < -0.4 is 0 Å². The van der Waals surface area contributed by atoms with Crippen LogP contribution in [0.1, 0.15) is 142 Å². The summed E-state index contributed by atoms with van der Waals surface area (Å²) >= 11 is 0. The fourth-order valence-electron chi connectivity index (χ4n) is 3.64. The number of hydrogen-bond donors (Lipinski definition) is 2. The van der Waals surface area contributed by atoms with Crippen LogP contribution in [0.4, 0.5) is 0 Å². The lowest BCUT2D eigenvalue weighted by molar-refractivity contribution is -0.184. The van der Waals surface area contributed by atoms with E-state index in [1.54, 1.807) is 0 Å². The van der Waals surface area contributed by atoms with Gasteiger partial charge in [0.1, 0.15) is 6.10 Å². The van der Waals surface area contributed by atoms with Crippen molar-refractivity contribution in [1.29, 1.82) is 0 Å². The minimum atomic E-state index is -1.40. The summed E-state index contributed by atoms with van der Waals surface area (Å²) in [6.07, 6.45) is 23.1. The van der Waals surface area contributed by atoms with Gasteiger partial charge in [-0.25, -0.2) is 0 Å². The third-order valence-corrected chi connectivity index (χ3v) is 5.65. The summed E-state index contributed by atoms with van der Waals surface area (Å²) in [7, 11) is 0. The van der Waals surface area contributed by atoms with E-state index in [2.05, 4.69) is 6.92 Å². The highest BCUT2D eigenvalue weighted by molar-refractivity contribution is 5.69. The van der Waals surface area contributed by atoms with E-state index in [0.717, 1.165) is 19.3 Å². The van der Waals surface area contributed by atoms with E-state index in [9.17, 15) is 9.90 Å². The molecule has 0 spiro atoms. The SMILES string of the molecule is CCCCCCCCCCCCCCCCCCCCCC(=O)OC(O)C(C)O. The van der Waals surface area contributed by atoms with Gasteiger partial charge < -0.3 is 14.9 Å². The molecule has 0 aliphatic heterocycles. The quantitative estimate of drug-likeness (QED) is 0.113. The van der Waals surface area contributed by atoms with E-state index in [4.69, 9.17) is 9.84 Å². The normalized spacial score (nSPS) is 13.4. The average Bonchev–Trinajstić information content (AvgIpc) is 2.69. The Balaban J connectivity index is 3.14. The molecule has 0 rings (SSSR count). The lowest BCUT2D eigenvalue weighted by Crippen LogP contribution is -2.28. The van der Waals surface area contributed by atoms with Crippen molar-refractivity contribution in [2.75, 3.05) is 0 Å². The lowest BCUT2D eigenvalue weighted by atomic mass is 10.0. The smallest absolute Gasteiger partial charge is 0.308 e. The summed E-state index contributed by atoms with van der Waals surface area (Å²) < 4.78 is 4.72. The molecular formula is C25H50O4. The molecule has 0 aliphatic rings. The van der Waals surface area contributed by atoms with E-state index < -0.39 is 18.4 Å². The van der Waals surface area contributed by atoms with Gasteiger partial charge in [0, 0.05) is 6.42 Å². The standard InChI is InChI=1S/C25H50O4/c1-3-4-5-6-7-8-9-10-11-12-13-14-15-16-17-18-19-20-21-22-24(27)29-25(28)23(2)26/h23,25-26,28H,3-22H2,1-2H3. The highest BCUT2D eigenvalue weighted by Gasteiger charge is 2.15. The van der Waals surface area contributed by atoms with Crippen LogP contribution in [0.3, 0.4) is 0 Å². The zero-order valence-corrected chi connectivity index (χ0v) is 19.5. The Labute approximate surface area is 180 Å². The molecule has 0 aromatic heterocycles. The number of aliphatic hydroxyl groups is 2. The van der Waals surface area contributed by atoms with Crippen molar-refractivity contribution in [3.05, 3.63) is 0 Å². The van der Waals surface area contributed by atoms with Crippen molar-refractivity contribution < 1.29 is 19.7 Å². The van der Waals surface area contributed by atoms with Crippen molar-refractivity contribution in [2.24, 2.45) is 0 Å². The lowest BCUT2D eigenvalue weighted by Gasteiger charge is -2.14. The number of hydrogen-bond acceptors (Lipinski definition) is 4. The predicted molar refractivity (Wildman–Crippen MR) is 122 cm³/mol. The van der Waals surface area contributed by atoms with Crippen molar-refractivity contribution in [2.45, 2.75) is 155 Å². The molecule has 174 valence electrons. The van der Waals surface area contributed by atoms with Crippen LogP contribution in [0.15, 0.2) is 0 Å². The van der Waals surface area contributed by atoms with Gasteiger partial charge in [0.2, 0.25) is 6.29 Å². The second kappa shape index (κ2) is 22.1. The molecule has 4 heteroatoms. The Morgan fingerprint density at radius 3 is 1.24 bits per heavy atom. The summed E-state index contributed by atoms with van der Waals surface area (Å²) in [5.74, 6) is -0.426. The molecule has 0 aromatic carbocycles. The Hall–Kier alpha value is -0.610. The van der Waals surface area contributed by atoms with Crippen molar-refractivity contribution >= 4 is 5.97 Å². The zero-order valence-electron chi connectivity index (χ0n) is 19.5. The van der Waals surface area contributed by atoms with E-state index in [0.29, 0.717) is 6.42 Å². The maximum absolute atomic E-state index is 11.4. The van der Waals surface area contributed by atoms with Crippen LogP contribution in [-0.4, -0.2) is 28.6 Å². The number of aliphatic hydroxyl groups excluding tert-OH is 2. The first-order chi connectivity index (χ1) is 14.1. The van der Waals surface area contributed by atoms with Gasteiger partial charge in [-0.15, -0.1) is 0 Å². The molecule has 29 heavy (non-hydrogen) atoms. The molecular weight excluding hydrogens is 364 g/mol. The third kappa shape index (κ3) is 21.9. The first kappa shape index (κ1) is 28.4. The summed E-state index contributed by atoms with van der Waals surface area (Å²) in [6, 6.07) is 0. The second-order valence-corrected chi connectivity index (χ2v) is 8.73. The van der Waals surface area contributed by atoms with Gasteiger partial charge in [-0.3, -0.25) is 4.79 Å². The Morgan fingerprint density at radius 1 is 0.621 bits per heavy atom. The van der Waals surface area contributed by atoms with Gasteiger partial charge in [-0.05, 0) is 13.3 Å². The molecule has 0 fully saturated rings. The topological polar surface area (TPSA) is 66.8 Å². The van der Waals surface area contributed by atoms with Crippen LogP contribution in [0.5, 0.6) is 0 Å². The molecule has 4 nitrogen and oxygen atoms in total. The molecule has 2 N–H and O–H groups in total. The number of esters is 1. The molecule has 2 atom stereocenters. The van der Waals surface area contributed by atoms with E-state index in [1.807, 2.05) is 0 Å². The summed E-state index contributed by atoms with van der Waals surface area (Å²) in [4.78, 5) is 11.4. The van der Waals surface area contributed by atoms with E-state index in [1.165, 1.54) is 110 Å². The molecule has 0 saturated heterocycles.